The van der Waals surface area contributed by atoms with Crippen LogP contribution in [0.3, 0.4) is 0 Å². The van der Waals surface area contributed by atoms with E-state index in [9.17, 15) is 0 Å². The van der Waals surface area contributed by atoms with Gasteiger partial charge in [0.15, 0.2) is 5.76 Å². The molecule has 0 unspecified atom stereocenters. The van der Waals surface area contributed by atoms with E-state index in [0.717, 1.165) is 17.9 Å². The Labute approximate surface area is 134 Å². The number of methoxy groups -OCH3 is 1. The van der Waals surface area contributed by atoms with Gasteiger partial charge in [-0.05, 0) is 43.3 Å². The molecule has 2 heterocycles. The highest BCUT2D eigenvalue weighted by Gasteiger charge is 2.13. The van der Waals surface area contributed by atoms with Gasteiger partial charge in [-0.25, -0.2) is 0 Å². The van der Waals surface area contributed by atoms with Gasteiger partial charge in [0, 0.05) is 6.54 Å². The van der Waals surface area contributed by atoms with Crippen LogP contribution in [0.25, 0.3) is 11.6 Å². The topological polar surface area (TPSA) is 64.5 Å². The minimum absolute atomic E-state index is 0.471. The molecule has 23 heavy (non-hydrogen) atoms. The number of benzene rings is 1. The van der Waals surface area contributed by atoms with E-state index >= 15 is 0 Å². The van der Waals surface area contributed by atoms with Crippen LogP contribution in [0.4, 0.5) is 0 Å². The fourth-order valence-electron chi connectivity index (χ4n) is 2.46. The predicted octanol–water partition coefficient (Wildman–Crippen LogP) is 3.28. The zero-order valence-electron chi connectivity index (χ0n) is 13.4. The molecule has 0 atom stereocenters. The van der Waals surface area contributed by atoms with Crippen molar-refractivity contribution in [2.24, 2.45) is 0 Å². The standard InChI is InChI=1S/C17H19N3O3/c1-12-9-13(6-7-14(12)21-3)10-20(2)11-16-18-17(19-23-16)15-5-4-8-22-15/h4-9H,10-11H2,1-3H3. The average Bonchev–Trinajstić information content (AvgIpc) is 3.18. The van der Waals surface area contributed by atoms with Crippen LogP contribution in [0.5, 0.6) is 5.75 Å². The van der Waals surface area contributed by atoms with E-state index in [4.69, 9.17) is 13.7 Å². The van der Waals surface area contributed by atoms with Crippen LogP contribution in [0, 0.1) is 6.92 Å². The highest BCUT2D eigenvalue weighted by molar-refractivity contribution is 5.44. The van der Waals surface area contributed by atoms with Crippen LogP contribution in [-0.4, -0.2) is 29.2 Å². The van der Waals surface area contributed by atoms with Gasteiger partial charge in [0.05, 0.1) is 19.9 Å². The largest absolute Gasteiger partial charge is 0.496 e. The SMILES string of the molecule is COc1ccc(CN(C)Cc2nc(-c3ccco3)no2)cc1C. The van der Waals surface area contributed by atoms with Gasteiger partial charge in [-0.2, -0.15) is 4.98 Å². The van der Waals surface area contributed by atoms with Gasteiger partial charge >= 0.3 is 0 Å². The summed E-state index contributed by atoms with van der Waals surface area (Å²) in [5.41, 5.74) is 2.33. The van der Waals surface area contributed by atoms with Crippen molar-refractivity contribution in [3.05, 3.63) is 53.6 Å². The number of ether oxygens (including phenoxy) is 1. The third-order valence-corrected chi connectivity index (χ3v) is 3.53. The molecule has 0 saturated carbocycles. The van der Waals surface area contributed by atoms with Gasteiger partial charge in [-0.15, -0.1) is 0 Å². The molecular weight excluding hydrogens is 294 g/mol. The first kappa shape index (κ1) is 15.3. The van der Waals surface area contributed by atoms with E-state index in [1.807, 2.05) is 20.0 Å². The molecule has 0 fully saturated rings. The lowest BCUT2D eigenvalue weighted by Crippen LogP contribution is -2.17. The molecule has 0 aliphatic rings. The molecule has 0 aliphatic heterocycles. The third-order valence-electron chi connectivity index (χ3n) is 3.53. The molecule has 2 aromatic heterocycles. The second-order valence-corrected chi connectivity index (χ2v) is 5.47. The Balaban J connectivity index is 1.63. The third kappa shape index (κ3) is 3.60. The molecular formula is C17H19N3O3. The smallest absolute Gasteiger partial charge is 0.241 e. The first-order valence-corrected chi connectivity index (χ1v) is 7.34. The van der Waals surface area contributed by atoms with E-state index in [1.54, 1.807) is 25.5 Å². The molecule has 0 aliphatic carbocycles. The second kappa shape index (κ2) is 6.66. The van der Waals surface area contributed by atoms with E-state index in [0.29, 0.717) is 24.0 Å². The van der Waals surface area contributed by atoms with Gasteiger partial charge in [0.1, 0.15) is 5.75 Å². The summed E-state index contributed by atoms with van der Waals surface area (Å²) in [6.07, 6.45) is 1.59. The molecule has 0 N–H and O–H groups in total. The molecule has 6 heteroatoms. The van der Waals surface area contributed by atoms with Crippen molar-refractivity contribution in [2.75, 3.05) is 14.2 Å². The van der Waals surface area contributed by atoms with Crippen molar-refractivity contribution in [2.45, 2.75) is 20.0 Å². The number of furan rings is 1. The van der Waals surface area contributed by atoms with Gasteiger partial charge in [-0.1, -0.05) is 17.3 Å². The van der Waals surface area contributed by atoms with Gasteiger partial charge < -0.3 is 13.7 Å². The summed E-state index contributed by atoms with van der Waals surface area (Å²) in [7, 11) is 3.69. The molecule has 3 rings (SSSR count). The maximum atomic E-state index is 5.28. The fourth-order valence-corrected chi connectivity index (χ4v) is 2.46. The minimum Gasteiger partial charge on any atom is -0.496 e. The summed E-state index contributed by atoms with van der Waals surface area (Å²) in [5.74, 6) is 2.53. The van der Waals surface area contributed by atoms with Crippen LogP contribution >= 0.6 is 0 Å². The molecule has 0 bridgehead atoms. The lowest BCUT2D eigenvalue weighted by atomic mass is 10.1. The summed E-state index contributed by atoms with van der Waals surface area (Å²) in [5, 5.41) is 3.93. The van der Waals surface area contributed by atoms with Crippen LogP contribution in [0.15, 0.2) is 45.5 Å². The van der Waals surface area contributed by atoms with E-state index in [-0.39, 0.29) is 0 Å². The van der Waals surface area contributed by atoms with Crippen molar-refractivity contribution >= 4 is 0 Å². The number of hydrogen-bond donors (Lipinski definition) is 0. The Morgan fingerprint density at radius 3 is 2.78 bits per heavy atom. The lowest BCUT2D eigenvalue weighted by molar-refractivity contribution is 0.260. The lowest BCUT2D eigenvalue weighted by Gasteiger charge is -2.15. The van der Waals surface area contributed by atoms with Gasteiger partial charge in [0.25, 0.3) is 0 Å². The molecule has 3 aromatic rings. The van der Waals surface area contributed by atoms with Crippen LogP contribution in [0.2, 0.25) is 0 Å². The molecule has 120 valence electrons. The van der Waals surface area contributed by atoms with Crippen molar-refractivity contribution in [3.63, 3.8) is 0 Å². The number of aromatic nitrogens is 2. The van der Waals surface area contributed by atoms with Crippen LogP contribution < -0.4 is 4.74 Å². The Hall–Kier alpha value is -2.60. The molecule has 0 spiro atoms. The Morgan fingerprint density at radius 1 is 1.22 bits per heavy atom. The number of rotatable bonds is 6. The van der Waals surface area contributed by atoms with Gasteiger partial charge in [-0.3, -0.25) is 4.90 Å². The summed E-state index contributed by atoms with van der Waals surface area (Å²) >= 11 is 0. The predicted molar refractivity (Wildman–Crippen MR) is 84.9 cm³/mol. The Kier molecular flexibility index (Phi) is 4.43. The number of aryl methyl sites for hydroxylation is 1. The fraction of sp³-hybridized carbons (Fsp3) is 0.294. The Bertz CT molecular complexity index is 765. The second-order valence-electron chi connectivity index (χ2n) is 5.47. The summed E-state index contributed by atoms with van der Waals surface area (Å²) in [6, 6.07) is 9.77. The number of hydrogen-bond acceptors (Lipinski definition) is 6. The molecule has 6 nitrogen and oxygen atoms in total. The first-order chi connectivity index (χ1) is 11.2. The molecule has 0 radical (unpaired) electrons. The maximum absolute atomic E-state index is 5.28. The van der Waals surface area contributed by atoms with E-state index in [1.165, 1.54) is 5.56 Å². The first-order valence-electron chi connectivity index (χ1n) is 7.34. The highest BCUT2D eigenvalue weighted by Crippen LogP contribution is 2.20. The summed E-state index contributed by atoms with van der Waals surface area (Å²) in [6.45, 7) is 3.39. The van der Waals surface area contributed by atoms with Crippen molar-refractivity contribution in [1.82, 2.24) is 15.0 Å². The van der Waals surface area contributed by atoms with Crippen molar-refractivity contribution in [3.8, 4) is 17.3 Å². The summed E-state index contributed by atoms with van der Waals surface area (Å²) < 4.78 is 15.8. The van der Waals surface area contributed by atoms with E-state index in [2.05, 4.69) is 27.2 Å². The molecule has 0 saturated heterocycles. The zero-order valence-corrected chi connectivity index (χ0v) is 13.4. The molecule has 0 amide bonds. The van der Waals surface area contributed by atoms with Crippen LogP contribution in [0.1, 0.15) is 17.0 Å². The van der Waals surface area contributed by atoms with Crippen LogP contribution in [-0.2, 0) is 13.1 Å². The van der Waals surface area contributed by atoms with Gasteiger partial charge in [0.2, 0.25) is 11.7 Å². The van der Waals surface area contributed by atoms with Crippen molar-refractivity contribution in [1.29, 1.82) is 0 Å². The Morgan fingerprint density at radius 2 is 2.09 bits per heavy atom. The number of nitrogens with zero attached hydrogens (tertiary/aromatic N) is 3. The average molecular weight is 313 g/mol. The molecule has 1 aromatic carbocycles. The minimum atomic E-state index is 0.471. The van der Waals surface area contributed by atoms with E-state index < -0.39 is 0 Å². The van der Waals surface area contributed by atoms with Crippen molar-refractivity contribution < 1.29 is 13.7 Å². The monoisotopic (exact) mass is 313 g/mol. The highest BCUT2D eigenvalue weighted by atomic mass is 16.5. The zero-order chi connectivity index (χ0) is 16.2. The quantitative estimate of drug-likeness (QED) is 0.696. The summed E-state index contributed by atoms with van der Waals surface area (Å²) in [4.78, 5) is 6.46. The normalized spacial score (nSPS) is 11.1. The maximum Gasteiger partial charge on any atom is 0.241 e.